The van der Waals surface area contributed by atoms with Crippen molar-refractivity contribution in [2.75, 3.05) is 19.3 Å². The first kappa shape index (κ1) is 16.6. The van der Waals surface area contributed by atoms with Crippen LogP contribution in [-0.4, -0.2) is 53.8 Å². The van der Waals surface area contributed by atoms with E-state index in [1.807, 2.05) is 19.1 Å². The standard InChI is InChI=1S/C16H20N4O3S/c1-11-5-3-7-13(18-11)16(21)20-8-4-6-12(10-20)15-14(9-17-19-15)24(2,22)23/h3,5,7,9,12H,4,6,8,10H2,1-2H3,(H,17,19). The zero-order valence-electron chi connectivity index (χ0n) is 13.7. The number of rotatable bonds is 3. The number of amides is 1. The molecule has 0 radical (unpaired) electrons. The van der Waals surface area contributed by atoms with Crippen LogP contribution in [0.4, 0.5) is 0 Å². The summed E-state index contributed by atoms with van der Waals surface area (Å²) < 4.78 is 23.8. The molecule has 0 aromatic carbocycles. The lowest BCUT2D eigenvalue weighted by Gasteiger charge is -2.32. The molecule has 24 heavy (non-hydrogen) atoms. The highest BCUT2D eigenvalue weighted by Gasteiger charge is 2.30. The lowest BCUT2D eigenvalue weighted by atomic mass is 9.94. The first-order valence-corrected chi connectivity index (χ1v) is 9.71. The van der Waals surface area contributed by atoms with Crippen LogP contribution in [0, 0.1) is 6.92 Å². The van der Waals surface area contributed by atoms with Crippen LogP contribution >= 0.6 is 0 Å². The van der Waals surface area contributed by atoms with Gasteiger partial charge in [0.2, 0.25) is 0 Å². The molecule has 2 aromatic rings. The summed E-state index contributed by atoms with van der Waals surface area (Å²) in [4.78, 5) is 18.9. The molecule has 0 aliphatic carbocycles. The number of sulfone groups is 1. The molecule has 1 saturated heterocycles. The van der Waals surface area contributed by atoms with Gasteiger partial charge in [0.25, 0.3) is 5.91 Å². The highest BCUT2D eigenvalue weighted by Crippen LogP contribution is 2.30. The molecule has 1 unspecified atom stereocenters. The largest absolute Gasteiger partial charge is 0.337 e. The van der Waals surface area contributed by atoms with Crippen LogP contribution < -0.4 is 0 Å². The zero-order chi connectivity index (χ0) is 17.3. The Kier molecular flexibility index (Phi) is 4.40. The van der Waals surface area contributed by atoms with Crippen LogP contribution in [0.5, 0.6) is 0 Å². The summed E-state index contributed by atoms with van der Waals surface area (Å²) in [6, 6.07) is 5.36. The molecule has 3 heterocycles. The molecule has 3 rings (SSSR count). The smallest absolute Gasteiger partial charge is 0.272 e. The maximum Gasteiger partial charge on any atom is 0.272 e. The van der Waals surface area contributed by atoms with Crippen molar-refractivity contribution in [2.45, 2.75) is 30.6 Å². The Morgan fingerprint density at radius 3 is 2.88 bits per heavy atom. The molecule has 7 nitrogen and oxygen atoms in total. The third-order valence-corrected chi connectivity index (χ3v) is 5.38. The average Bonchev–Trinajstić information content (AvgIpc) is 3.04. The van der Waals surface area contributed by atoms with Crippen molar-refractivity contribution >= 4 is 15.7 Å². The fraction of sp³-hybridized carbons (Fsp3) is 0.438. The van der Waals surface area contributed by atoms with Gasteiger partial charge in [-0.3, -0.25) is 9.89 Å². The van der Waals surface area contributed by atoms with Crippen LogP contribution in [0.3, 0.4) is 0 Å². The summed E-state index contributed by atoms with van der Waals surface area (Å²) in [5.41, 5.74) is 1.80. The molecule has 1 amide bonds. The second-order valence-electron chi connectivity index (χ2n) is 6.17. The van der Waals surface area contributed by atoms with E-state index >= 15 is 0 Å². The molecule has 0 bridgehead atoms. The van der Waals surface area contributed by atoms with Gasteiger partial charge >= 0.3 is 0 Å². The lowest BCUT2D eigenvalue weighted by molar-refractivity contribution is 0.0699. The minimum atomic E-state index is -3.34. The van der Waals surface area contributed by atoms with Gasteiger partial charge in [0.15, 0.2) is 9.84 Å². The number of piperidine rings is 1. The van der Waals surface area contributed by atoms with Crippen molar-refractivity contribution in [1.82, 2.24) is 20.1 Å². The van der Waals surface area contributed by atoms with Gasteiger partial charge in [-0.1, -0.05) is 6.07 Å². The number of pyridine rings is 1. The molecule has 1 aliphatic rings. The second kappa shape index (κ2) is 6.35. The van der Waals surface area contributed by atoms with E-state index < -0.39 is 9.84 Å². The number of aryl methyl sites for hydroxylation is 1. The van der Waals surface area contributed by atoms with Crippen LogP contribution in [0.25, 0.3) is 0 Å². The second-order valence-corrected chi connectivity index (χ2v) is 8.16. The van der Waals surface area contributed by atoms with E-state index in [2.05, 4.69) is 15.2 Å². The van der Waals surface area contributed by atoms with E-state index in [9.17, 15) is 13.2 Å². The molecular weight excluding hydrogens is 328 g/mol. The molecule has 8 heteroatoms. The van der Waals surface area contributed by atoms with Crippen LogP contribution in [-0.2, 0) is 9.84 Å². The van der Waals surface area contributed by atoms with E-state index in [-0.39, 0.29) is 16.7 Å². The van der Waals surface area contributed by atoms with Crippen LogP contribution in [0.1, 0.15) is 40.6 Å². The van der Waals surface area contributed by atoms with Crippen LogP contribution in [0.15, 0.2) is 29.3 Å². The van der Waals surface area contributed by atoms with E-state index in [0.717, 1.165) is 18.5 Å². The molecule has 1 aliphatic heterocycles. The quantitative estimate of drug-likeness (QED) is 0.907. The maximum atomic E-state index is 12.7. The number of carbonyl (C=O) groups is 1. The highest BCUT2D eigenvalue weighted by atomic mass is 32.2. The van der Waals surface area contributed by atoms with Crippen molar-refractivity contribution in [1.29, 1.82) is 0 Å². The molecule has 2 aromatic heterocycles. The monoisotopic (exact) mass is 348 g/mol. The van der Waals surface area contributed by atoms with Gasteiger partial charge in [-0.25, -0.2) is 13.4 Å². The Balaban J connectivity index is 1.83. The predicted octanol–water partition coefficient (Wildman–Crippen LogP) is 1.54. The Morgan fingerprint density at radius 1 is 1.38 bits per heavy atom. The predicted molar refractivity (Wildman–Crippen MR) is 88.6 cm³/mol. The topological polar surface area (TPSA) is 96.0 Å². The fourth-order valence-electron chi connectivity index (χ4n) is 3.09. The summed E-state index contributed by atoms with van der Waals surface area (Å²) >= 11 is 0. The Morgan fingerprint density at radius 2 is 2.17 bits per heavy atom. The summed E-state index contributed by atoms with van der Waals surface area (Å²) in [6.45, 7) is 2.95. The van der Waals surface area contributed by atoms with Gasteiger partial charge < -0.3 is 4.90 Å². The van der Waals surface area contributed by atoms with Gasteiger partial charge in [0, 0.05) is 31.0 Å². The van der Waals surface area contributed by atoms with Gasteiger partial charge in [0.05, 0.1) is 11.9 Å². The number of H-pyrrole nitrogens is 1. The number of carbonyl (C=O) groups excluding carboxylic acids is 1. The number of nitrogens with one attached hydrogen (secondary N) is 1. The number of likely N-dealkylation sites (tertiary alicyclic amines) is 1. The Hall–Kier alpha value is -2.22. The molecule has 1 atom stereocenters. The highest BCUT2D eigenvalue weighted by molar-refractivity contribution is 7.90. The minimum Gasteiger partial charge on any atom is -0.337 e. The van der Waals surface area contributed by atoms with Crippen molar-refractivity contribution in [3.05, 3.63) is 41.5 Å². The summed E-state index contributed by atoms with van der Waals surface area (Å²) in [6.07, 6.45) is 4.14. The summed E-state index contributed by atoms with van der Waals surface area (Å²) in [5.74, 6) is -0.191. The SMILES string of the molecule is Cc1cccc(C(=O)N2CCCC(c3[nH]ncc3S(C)(=O)=O)C2)n1. The molecule has 0 spiro atoms. The summed E-state index contributed by atoms with van der Waals surface area (Å²) in [7, 11) is -3.34. The van der Waals surface area contributed by atoms with Gasteiger partial charge in [0.1, 0.15) is 10.6 Å². The van der Waals surface area contributed by atoms with Crippen molar-refractivity contribution in [3.8, 4) is 0 Å². The fourth-order valence-corrected chi connectivity index (χ4v) is 3.95. The van der Waals surface area contributed by atoms with E-state index in [1.54, 1.807) is 11.0 Å². The Bertz CT molecular complexity index is 860. The van der Waals surface area contributed by atoms with Crippen LogP contribution in [0.2, 0.25) is 0 Å². The summed E-state index contributed by atoms with van der Waals surface area (Å²) in [5, 5.41) is 6.69. The maximum absolute atomic E-state index is 12.7. The molecular formula is C16H20N4O3S. The number of nitrogens with zero attached hydrogens (tertiary/aromatic N) is 3. The Labute approximate surface area is 141 Å². The molecule has 1 N–H and O–H groups in total. The number of aromatic nitrogens is 3. The first-order valence-electron chi connectivity index (χ1n) is 7.82. The third-order valence-electron chi connectivity index (χ3n) is 4.26. The molecule has 0 saturated carbocycles. The first-order chi connectivity index (χ1) is 11.4. The van der Waals surface area contributed by atoms with Crippen molar-refractivity contribution < 1.29 is 13.2 Å². The number of hydrogen-bond donors (Lipinski definition) is 1. The number of hydrogen-bond acceptors (Lipinski definition) is 5. The number of aromatic amines is 1. The normalized spacial score (nSPS) is 18.6. The lowest BCUT2D eigenvalue weighted by Crippen LogP contribution is -2.39. The van der Waals surface area contributed by atoms with Crippen molar-refractivity contribution in [2.24, 2.45) is 0 Å². The zero-order valence-corrected chi connectivity index (χ0v) is 14.5. The van der Waals surface area contributed by atoms with Gasteiger partial charge in [-0.05, 0) is 31.9 Å². The molecule has 128 valence electrons. The van der Waals surface area contributed by atoms with Gasteiger partial charge in [-0.2, -0.15) is 5.10 Å². The van der Waals surface area contributed by atoms with E-state index in [1.165, 1.54) is 12.5 Å². The third kappa shape index (κ3) is 3.33. The van der Waals surface area contributed by atoms with E-state index in [4.69, 9.17) is 0 Å². The molecule has 1 fully saturated rings. The minimum absolute atomic E-state index is 0.0697. The van der Waals surface area contributed by atoms with E-state index in [0.29, 0.717) is 24.5 Å². The van der Waals surface area contributed by atoms with Crippen molar-refractivity contribution in [3.63, 3.8) is 0 Å². The average molecular weight is 348 g/mol. The van der Waals surface area contributed by atoms with Gasteiger partial charge in [-0.15, -0.1) is 0 Å².